The maximum Gasteiger partial charge on any atom is 0.329 e. The molecule has 0 saturated carbocycles. The molecule has 5 aromatic rings. The van der Waals surface area contributed by atoms with Crippen molar-refractivity contribution in [2.75, 3.05) is 69.1 Å². The van der Waals surface area contributed by atoms with E-state index in [-0.39, 0.29) is 47.8 Å². The van der Waals surface area contributed by atoms with Crippen LogP contribution in [0.3, 0.4) is 0 Å². The fraction of sp³-hybridized carbons (Fsp3) is 0.482. The summed E-state index contributed by atoms with van der Waals surface area (Å²) in [6.07, 6.45) is 5.20. The molecule has 372 valence electrons. The second-order valence-electron chi connectivity index (χ2n) is 20.6. The number of nitrogens with one attached hydrogen (secondary N) is 4. The Morgan fingerprint density at radius 1 is 0.831 bits per heavy atom. The number of fused-ring (bicyclic) bond motifs is 2. The second kappa shape index (κ2) is 20.7. The zero-order chi connectivity index (χ0) is 49.3. The summed E-state index contributed by atoms with van der Waals surface area (Å²) in [4.78, 5) is 72.1. The molecule has 15 heteroatoms. The molecule has 5 aliphatic heterocycles. The predicted octanol–water partition coefficient (Wildman–Crippen LogP) is 6.21. The number of imidazole rings is 1. The molecule has 1 unspecified atom stereocenters. The molecule has 10 rings (SSSR count). The minimum atomic E-state index is -0.976. The lowest BCUT2D eigenvalue weighted by atomic mass is 9.90. The summed E-state index contributed by atoms with van der Waals surface area (Å²) in [6, 6.07) is 22.7. The van der Waals surface area contributed by atoms with Crippen molar-refractivity contribution in [2.45, 2.75) is 89.5 Å². The first-order chi connectivity index (χ1) is 34.4. The predicted molar refractivity (Wildman–Crippen MR) is 275 cm³/mol. The molecule has 6 heterocycles. The minimum absolute atomic E-state index is 0.00693. The molecule has 0 aliphatic carbocycles. The number of nitrogens with zero attached hydrogens (tertiary/aromatic N) is 5. The Balaban J connectivity index is 0.676. The van der Waals surface area contributed by atoms with Crippen LogP contribution in [0.25, 0.3) is 21.8 Å². The summed E-state index contributed by atoms with van der Waals surface area (Å²) in [5.74, 6) is 7.43. The third-order valence-electron chi connectivity index (χ3n) is 16.0. The molecular formula is C56H66FN9O5. The van der Waals surface area contributed by atoms with Gasteiger partial charge in [-0.25, -0.2) is 9.18 Å². The third-order valence-corrected chi connectivity index (χ3v) is 16.0. The molecule has 4 amide bonds. The standard InChI is InChI=1S/C56H66FN9O5/c1-35-8-12-41(60-48-33-58-32-47(48)57)30-46(35)53(68)59-36(2)43-14-11-39(44-6-4-5-7-45(43)44)10-9-37-18-24-63(25-19-37)34-38-20-26-65(27-21-38)55(70)40-22-28-64(29-23-40)42-13-15-49-51(31-42)62(3)56(71)66(49)50-16-17-52(67)61-54(50)69/h4-8,11-15,30-31,36-38,40,47-48,50,58,60H,16-29,32-34H2,1-3H3,(H,59,68)(H,61,67,69)/t36-,47+,48+,50?/m1/s1. The van der Waals surface area contributed by atoms with Crippen LogP contribution in [0.5, 0.6) is 0 Å². The number of amides is 4. The van der Waals surface area contributed by atoms with Crippen molar-refractivity contribution in [3.63, 3.8) is 0 Å². The number of likely N-dealkylation sites (tertiary alicyclic amines) is 2. The van der Waals surface area contributed by atoms with Crippen LogP contribution in [-0.4, -0.2) is 114 Å². The highest BCUT2D eigenvalue weighted by molar-refractivity contribution is 6.00. The van der Waals surface area contributed by atoms with Crippen molar-refractivity contribution >= 4 is 56.8 Å². The van der Waals surface area contributed by atoms with E-state index in [0.29, 0.717) is 42.4 Å². The van der Waals surface area contributed by atoms with Crippen LogP contribution in [-0.2, 0) is 21.4 Å². The van der Waals surface area contributed by atoms with E-state index in [1.54, 1.807) is 11.6 Å². The Morgan fingerprint density at radius 2 is 1.59 bits per heavy atom. The molecule has 5 fully saturated rings. The van der Waals surface area contributed by atoms with Crippen LogP contribution >= 0.6 is 0 Å². The van der Waals surface area contributed by atoms with Gasteiger partial charge in [-0.3, -0.25) is 33.6 Å². The van der Waals surface area contributed by atoms with Gasteiger partial charge in [-0.15, -0.1) is 0 Å². The van der Waals surface area contributed by atoms with Crippen LogP contribution in [0.1, 0.15) is 97.4 Å². The molecule has 4 N–H and O–H groups in total. The summed E-state index contributed by atoms with van der Waals surface area (Å²) in [6.45, 7) is 11.0. The molecule has 14 nitrogen and oxygen atoms in total. The van der Waals surface area contributed by atoms with Gasteiger partial charge in [0.25, 0.3) is 5.91 Å². The van der Waals surface area contributed by atoms with Gasteiger partial charge in [0.15, 0.2) is 0 Å². The Labute approximate surface area is 414 Å². The number of rotatable bonds is 10. The van der Waals surface area contributed by atoms with E-state index in [0.717, 1.165) is 129 Å². The number of imide groups is 1. The van der Waals surface area contributed by atoms with Crippen LogP contribution < -0.4 is 31.9 Å². The quantitative estimate of drug-likeness (QED) is 0.0946. The number of aryl methyl sites for hydroxylation is 2. The highest BCUT2D eigenvalue weighted by atomic mass is 19.1. The zero-order valence-electron chi connectivity index (χ0n) is 41.1. The van der Waals surface area contributed by atoms with E-state index < -0.39 is 18.1 Å². The van der Waals surface area contributed by atoms with Crippen molar-refractivity contribution < 1.29 is 23.6 Å². The van der Waals surface area contributed by atoms with Crippen molar-refractivity contribution in [2.24, 2.45) is 24.8 Å². The lowest BCUT2D eigenvalue weighted by Gasteiger charge is -2.39. The smallest absolute Gasteiger partial charge is 0.329 e. The fourth-order valence-corrected chi connectivity index (χ4v) is 11.7. The molecule has 4 aromatic carbocycles. The van der Waals surface area contributed by atoms with Crippen molar-refractivity contribution in [1.82, 2.24) is 34.9 Å². The molecule has 0 spiro atoms. The Hall–Kier alpha value is -6.50. The van der Waals surface area contributed by atoms with Gasteiger partial charge in [-0.05, 0) is 136 Å². The Kier molecular flexibility index (Phi) is 14.0. The maximum absolute atomic E-state index is 14.3. The van der Waals surface area contributed by atoms with Crippen LogP contribution in [0.15, 0.2) is 77.6 Å². The molecular weight excluding hydrogens is 898 g/mol. The molecule has 1 aromatic heterocycles. The average Bonchev–Trinajstić information content (AvgIpc) is 3.90. The largest absolute Gasteiger partial charge is 0.378 e. The van der Waals surface area contributed by atoms with Gasteiger partial charge in [0, 0.05) is 93.6 Å². The van der Waals surface area contributed by atoms with Gasteiger partial charge in [-0.1, -0.05) is 48.2 Å². The van der Waals surface area contributed by atoms with E-state index in [1.807, 2.05) is 62.4 Å². The first-order valence-corrected chi connectivity index (χ1v) is 25.7. The number of carbonyl (C=O) groups excluding carboxylic acids is 4. The Morgan fingerprint density at radius 3 is 2.32 bits per heavy atom. The molecule has 4 atom stereocenters. The number of hydrogen-bond acceptors (Lipinski definition) is 9. The number of benzene rings is 4. The number of aromatic nitrogens is 2. The summed E-state index contributed by atoms with van der Waals surface area (Å²) in [7, 11) is 1.71. The summed E-state index contributed by atoms with van der Waals surface area (Å²) in [5.41, 5.74) is 6.29. The van der Waals surface area contributed by atoms with Crippen molar-refractivity contribution in [3.05, 3.63) is 106 Å². The van der Waals surface area contributed by atoms with Gasteiger partial charge in [0.2, 0.25) is 17.7 Å². The van der Waals surface area contributed by atoms with E-state index >= 15 is 0 Å². The highest BCUT2D eigenvalue weighted by Crippen LogP contribution is 2.32. The lowest BCUT2D eigenvalue weighted by Crippen LogP contribution is -2.47. The van der Waals surface area contributed by atoms with E-state index in [1.165, 1.54) is 4.57 Å². The van der Waals surface area contributed by atoms with Crippen molar-refractivity contribution in [1.29, 1.82) is 0 Å². The van der Waals surface area contributed by atoms with E-state index in [9.17, 15) is 28.4 Å². The molecule has 5 saturated heterocycles. The number of hydrogen-bond donors (Lipinski definition) is 4. The molecule has 0 radical (unpaired) electrons. The fourth-order valence-electron chi connectivity index (χ4n) is 11.7. The zero-order valence-corrected chi connectivity index (χ0v) is 41.1. The molecule has 5 aliphatic rings. The van der Waals surface area contributed by atoms with Crippen LogP contribution in [0.2, 0.25) is 0 Å². The van der Waals surface area contributed by atoms with Gasteiger partial charge in [0.1, 0.15) is 12.2 Å². The summed E-state index contributed by atoms with van der Waals surface area (Å²) in [5, 5.41) is 14.1. The van der Waals surface area contributed by atoms with Crippen LogP contribution in [0, 0.1) is 36.5 Å². The number of piperidine rings is 4. The maximum atomic E-state index is 14.3. The third kappa shape index (κ3) is 10.2. The normalized spacial score (nSPS) is 22.3. The SMILES string of the molecule is Cc1ccc(N[C@H]2CNC[C@@H]2F)cc1C(=O)N[C@H](C)c1ccc(C#CC2CCN(CC3CCN(C(=O)C4CCN(c5ccc6c(c5)n(C)c(=O)n6C5CCC(=O)NC5=O)CC4)CC3)CC2)c2ccccc12. The summed E-state index contributed by atoms with van der Waals surface area (Å²) < 4.78 is 17.4. The number of alkyl halides is 1. The monoisotopic (exact) mass is 964 g/mol. The van der Waals surface area contributed by atoms with Gasteiger partial charge >= 0.3 is 5.69 Å². The van der Waals surface area contributed by atoms with Crippen molar-refractivity contribution in [3.8, 4) is 11.8 Å². The number of anilines is 2. The van der Waals surface area contributed by atoms with E-state index in [2.05, 4.69) is 72.1 Å². The van der Waals surface area contributed by atoms with Crippen LogP contribution in [0.4, 0.5) is 15.8 Å². The second-order valence-corrected chi connectivity index (χ2v) is 20.6. The average molecular weight is 964 g/mol. The summed E-state index contributed by atoms with van der Waals surface area (Å²) >= 11 is 0. The number of carbonyl (C=O) groups is 4. The minimum Gasteiger partial charge on any atom is -0.378 e. The number of halogens is 1. The first-order valence-electron chi connectivity index (χ1n) is 25.7. The van der Waals surface area contributed by atoms with Gasteiger partial charge in [0.05, 0.1) is 23.1 Å². The Bertz CT molecular complexity index is 2970. The molecule has 71 heavy (non-hydrogen) atoms. The lowest BCUT2D eigenvalue weighted by molar-refractivity contribution is -0.138. The highest BCUT2D eigenvalue weighted by Gasteiger charge is 2.34. The van der Waals surface area contributed by atoms with Gasteiger partial charge in [-0.2, -0.15) is 0 Å². The first kappa shape index (κ1) is 48.1. The van der Waals surface area contributed by atoms with E-state index in [4.69, 9.17) is 0 Å². The topological polar surface area (TPSA) is 153 Å². The molecule has 0 bridgehead atoms. The van der Waals surface area contributed by atoms with Gasteiger partial charge < -0.3 is 30.7 Å².